The van der Waals surface area contributed by atoms with Crippen molar-refractivity contribution in [1.29, 1.82) is 0 Å². The van der Waals surface area contributed by atoms with Crippen LogP contribution in [-0.2, 0) is 0 Å². The molecule has 0 bridgehead atoms. The summed E-state index contributed by atoms with van der Waals surface area (Å²) < 4.78 is 39.4. The molecule has 104 valence electrons. The molecule has 1 amide bonds. The van der Waals surface area contributed by atoms with Gasteiger partial charge in [0.15, 0.2) is 0 Å². The van der Waals surface area contributed by atoms with Gasteiger partial charge in [-0.15, -0.1) is 0 Å². The third-order valence-electron chi connectivity index (χ3n) is 2.52. The van der Waals surface area contributed by atoms with Crippen molar-refractivity contribution in [2.24, 2.45) is 0 Å². The minimum atomic E-state index is -1.03. The Labute approximate surface area is 117 Å². The molecule has 0 saturated heterocycles. The molecule has 7 heteroatoms. The van der Waals surface area contributed by atoms with Gasteiger partial charge in [0.2, 0.25) is 0 Å². The van der Waals surface area contributed by atoms with Crippen LogP contribution in [0.1, 0.15) is 10.4 Å². The molecule has 0 fully saturated rings. The van der Waals surface area contributed by atoms with Crippen LogP contribution in [-0.4, -0.2) is 5.91 Å². The van der Waals surface area contributed by atoms with Crippen molar-refractivity contribution in [3.05, 3.63) is 58.4 Å². The molecule has 2 aromatic rings. The van der Waals surface area contributed by atoms with Gasteiger partial charge in [0.05, 0.1) is 5.02 Å². The summed E-state index contributed by atoms with van der Waals surface area (Å²) in [6, 6.07) is 5.11. The zero-order valence-electron chi connectivity index (χ0n) is 9.88. The number of nitrogens with two attached hydrogens (primary N) is 1. The molecule has 20 heavy (non-hydrogen) atoms. The van der Waals surface area contributed by atoms with Crippen LogP contribution in [0.2, 0.25) is 5.02 Å². The number of nitrogens with one attached hydrogen (secondary N) is 1. The minimum absolute atomic E-state index is 0.183. The van der Waals surface area contributed by atoms with Gasteiger partial charge in [-0.25, -0.2) is 13.2 Å². The van der Waals surface area contributed by atoms with E-state index in [1.54, 1.807) is 0 Å². The van der Waals surface area contributed by atoms with Gasteiger partial charge >= 0.3 is 0 Å². The lowest BCUT2D eigenvalue weighted by Crippen LogP contribution is -2.13. The Balaban J connectivity index is 2.26. The van der Waals surface area contributed by atoms with Gasteiger partial charge in [0.25, 0.3) is 5.91 Å². The SMILES string of the molecule is Nc1c(F)cc(C(=O)Nc2ccc(F)c(Cl)c2)cc1F. The summed E-state index contributed by atoms with van der Waals surface area (Å²) in [5, 5.41) is 2.15. The van der Waals surface area contributed by atoms with Gasteiger partial charge in [-0.2, -0.15) is 0 Å². The van der Waals surface area contributed by atoms with E-state index >= 15 is 0 Å². The zero-order chi connectivity index (χ0) is 14.9. The largest absolute Gasteiger partial charge is 0.394 e. The van der Waals surface area contributed by atoms with Crippen molar-refractivity contribution in [1.82, 2.24) is 0 Å². The Kier molecular flexibility index (Phi) is 3.85. The summed E-state index contributed by atoms with van der Waals surface area (Å²) in [6.07, 6.45) is 0. The third kappa shape index (κ3) is 2.85. The van der Waals surface area contributed by atoms with E-state index in [1.807, 2.05) is 0 Å². The van der Waals surface area contributed by atoms with Gasteiger partial charge in [-0.05, 0) is 30.3 Å². The van der Waals surface area contributed by atoms with Crippen LogP contribution < -0.4 is 11.1 Å². The summed E-state index contributed by atoms with van der Waals surface area (Å²) in [5.74, 6) is -3.49. The fourth-order valence-electron chi connectivity index (χ4n) is 1.49. The van der Waals surface area contributed by atoms with E-state index in [9.17, 15) is 18.0 Å². The van der Waals surface area contributed by atoms with Crippen molar-refractivity contribution in [3.63, 3.8) is 0 Å². The maximum Gasteiger partial charge on any atom is 0.255 e. The predicted molar refractivity (Wildman–Crippen MR) is 70.1 cm³/mol. The smallest absolute Gasteiger partial charge is 0.255 e. The van der Waals surface area contributed by atoms with Gasteiger partial charge in [-0.3, -0.25) is 4.79 Å². The fourth-order valence-corrected chi connectivity index (χ4v) is 1.67. The van der Waals surface area contributed by atoms with Gasteiger partial charge < -0.3 is 11.1 Å². The van der Waals surface area contributed by atoms with Crippen LogP contribution in [0.4, 0.5) is 24.5 Å². The number of halogens is 4. The molecule has 0 aliphatic heterocycles. The Bertz CT molecular complexity index is 668. The van der Waals surface area contributed by atoms with E-state index in [0.29, 0.717) is 0 Å². The lowest BCUT2D eigenvalue weighted by atomic mass is 10.1. The van der Waals surface area contributed by atoms with Crippen molar-refractivity contribution < 1.29 is 18.0 Å². The standard InChI is InChI=1S/C13H8ClF3N2O/c14-8-5-7(1-2-9(8)15)19-13(20)6-3-10(16)12(18)11(17)4-6/h1-5H,18H2,(H,19,20). The van der Waals surface area contributed by atoms with Crippen LogP contribution >= 0.6 is 11.6 Å². The van der Waals surface area contributed by atoms with Crippen LogP contribution in [0, 0.1) is 17.5 Å². The van der Waals surface area contributed by atoms with Crippen LogP contribution in [0.15, 0.2) is 30.3 Å². The summed E-state index contributed by atoms with van der Waals surface area (Å²) >= 11 is 5.55. The second-order valence-electron chi connectivity index (χ2n) is 3.94. The molecular formula is C13H8ClF3N2O. The third-order valence-corrected chi connectivity index (χ3v) is 2.81. The highest BCUT2D eigenvalue weighted by Gasteiger charge is 2.13. The highest BCUT2D eigenvalue weighted by molar-refractivity contribution is 6.31. The monoisotopic (exact) mass is 300 g/mol. The molecule has 0 saturated carbocycles. The predicted octanol–water partition coefficient (Wildman–Crippen LogP) is 3.59. The van der Waals surface area contributed by atoms with Crippen LogP contribution in [0.25, 0.3) is 0 Å². The van der Waals surface area contributed by atoms with E-state index in [0.717, 1.165) is 18.2 Å². The molecule has 0 heterocycles. The molecule has 0 aliphatic carbocycles. The summed E-state index contributed by atoms with van der Waals surface area (Å²) in [4.78, 5) is 11.8. The second kappa shape index (κ2) is 5.42. The van der Waals surface area contributed by atoms with Crippen molar-refractivity contribution in [2.45, 2.75) is 0 Å². The van der Waals surface area contributed by atoms with Crippen LogP contribution in [0.5, 0.6) is 0 Å². The van der Waals surface area contributed by atoms with Crippen LogP contribution in [0.3, 0.4) is 0 Å². The quantitative estimate of drug-likeness (QED) is 0.833. The average Bonchev–Trinajstić information content (AvgIpc) is 2.39. The van der Waals surface area contributed by atoms with E-state index in [4.69, 9.17) is 17.3 Å². The summed E-state index contributed by atoms with van der Waals surface area (Å²) in [6.45, 7) is 0. The fraction of sp³-hybridized carbons (Fsp3) is 0. The Morgan fingerprint density at radius 2 is 1.65 bits per heavy atom. The van der Waals surface area contributed by atoms with E-state index < -0.39 is 29.0 Å². The molecule has 3 nitrogen and oxygen atoms in total. The number of rotatable bonds is 2. The van der Waals surface area contributed by atoms with Gasteiger partial charge in [0, 0.05) is 11.3 Å². The van der Waals surface area contributed by atoms with Gasteiger partial charge in [0.1, 0.15) is 23.1 Å². The molecule has 0 aliphatic rings. The number of carbonyl (C=O) groups is 1. The molecule has 0 atom stereocenters. The zero-order valence-corrected chi connectivity index (χ0v) is 10.6. The highest BCUT2D eigenvalue weighted by Crippen LogP contribution is 2.21. The highest BCUT2D eigenvalue weighted by atomic mass is 35.5. The maximum absolute atomic E-state index is 13.2. The van der Waals surface area contributed by atoms with Crippen molar-refractivity contribution in [2.75, 3.05) is 11.1 Å². The molecule has 0 radical (unpaired) electrons. The van der Waals surface area contributed by atoms with Gasteiger partial charge in [-0.1, -0.05) is 11.6 Å². The topological polar surface area (TPSA) is 55.1 Å². The first-order chi connectivity index (χ1) is 9.38. The number of benzene rings is 2. The normalized spacial score (nSPS) is 10.4. The number of hydrogen-bond donors (Lipinski definition) is 2. The molecule has 2 rings (SSSR count). The number of nitrogen functional groups attached to an aromatic ring is 1. The Morgan fingerprint density at radius 1 is 1.05 bits per heavy atom. The number of anilines is 2. The molecule has 0 aromatic heterocycles. The molecule has 3 N–H and O–H groups in total. The maximum atomic E-state index is 13.2. The first-order valence-corrected chi connectivity index (χ1v) is 5.77. The molecule has 2 aromatic carbocycles. The number of hydrogen-bond acceptors (Lipinski definition) is 2. The number of carbonyl (C=O) groups excluding carboxylic acids is 1. The van der Waals surface area contributed by atoms with E-state index in [-0.39, 0.29) is 16.3 Å². The minimum Gasteiger partial charge on any atom is -0.394 e. The van der Waals surface area contributed by atoms with Crippen molar-refractivity contribution >= 4 is 28.9 Å². The first kappa shape index (κ1) is 14.2. The summed E-state index contributed by atoms with van der Waals surface area (Å²) in [5.41, 5.74) is 4.38. The second-order valence-corrected chi connectivity index (χ2v) is 4.34. The Hall–Kier alpha value is -2.21. The molecule has 0 unspecified atom stereocenters. The summed E-state index contributed by atoms with van der Waals surface area (Å²) in [7, 11) is 0. The Morgan fingerprint density at radius 3 is 2.20 bits per heavy atom. The average molecular weight is 301 g/mol. The van der Waals surface area contributed by atoms with E-state index in [2.05, 4.69) is 5.32 Å². The molecule has 0 spiro atoms. The molecular weight excluding hydrogens is 293 g/mol. The number of amides is 1. The van der Waals surface area contributed by atoms with Crippen molar-refractivity contribution in [3.8, 4) is 0 Å². The first-order valence-electron chi connectivity index (χ1n) is 5.39. The lowest BCUT2D eigenvalue weighted by molar-refractivity contribution is 0.102. The van der Waals surface area contributed by atoms with E-state index in [1.165, 1.54) is 12.1 Å². The lowest BCUT2D eigenvalue weighted by Gasteiger charge is -2.07.